The van der Waals surface area contributed by atoms with Gasteiger partial charge in [-0.1, -0.05) is 24.3 Å². The van der Waals surface area contributed by atoms with Crippen LogP contribution < -0.4 is 15.8 Å². The third-order valence-electron chi connectivity index (χ3n) is 6.75. The van der Waals surface area contributed by atoms with Gasteiger partial charge in [0.1, 0.15) is 12.4 Å². The van der Waals surface area contributed by atoms with Crippen LogP contribution >= 0.6 is 0 Å². The number of aromatic amines is 1. The predicted molar refractivity (Wildman–Crippen MR) is 147 cm³/mol. The number of nitrogens with zero attached hydrogens (tertiary/aromatic N) is 2. The first-order chi connectivity index (χ1) is 18.0. The molecule has 1 aliphatic heterocycles. The Morgan fingerprint density at radius 3 is 2.84 bits per heavy atom. The van der Waals surface area contributed by atoms with Crippen molar-refractivity contribution in [2.45, 2.75) is 12.5 Å². The lowest BCUT2D eigenvalue weighted by Crippen LogP contribution is -2.30. The summed E-state index contributed by atoms with van der Waals surface area (Å²) in [6.07, 6.45) is 10.1. The maximum Gasteiger partial charge on any atom is 0.256 e. The molecule has 0 unspecified atom stereocenters. The summed E-state index contributed by atoms with van der Waals surface area (Å²) in [4.78, 5) is 20.3. The number of anilines is 1. The monoisotopic (exact) mass is 489 g/mol. The second-order valence-electron chi connectivity index (χ2n) is 9.36. The highest BCUT2D eigenvalue weighted by Crippen LogP contribution is 2.36. The molecule has 5 aromatic rings. The molecule has 1 aliphatic rings. The summed E-state index contributed by atoms with van der Waals surface area (Å²) in [7, 11) is 1.96. The largest absolute Gasteiger partial charge is 0.490 e. The second-order valence-corrected chi connectivity index (χ2v) is 9.36. The molecule has 7 nitrogen and oxygen atoms in total. The number of carbonyl (C=O) groups is 1. The molecule has 0 radical (unpaired) electrons. The van der Waals surface area contributed by atoms with Crippen LogP contribution in [0.15, 0.2) is 85.5 Å². The molecule has 6 rings (SSSR count). The highest BCUT2D eigenvalue weighted by molar-refractivity contribution is 6.35. The Morgan fingerprint density at radius 2 is 1.97 bits per heavy atom. The number of hydrogen-bond donors (Lipinski definition) is 3. The van der Waals surface area contributed by atoms with E-state index < -0.39 is 0 Å². The molecule has 2 aromatic carbocycles. The number of rotatable bonds is 7. The number of para-hydroxylation sites is 1. The van der Waals surface area contributed by atoms with Crippen molar-refractivity contribution in [1.82, 2.24) is 14.5 Å². The molecule has 4 heterocycles. The number of fused-ring (bicyclic) bond motifs is 2. The van der Waals surface area contributed by atoms with E-state index in [-0.39, 0.29) is 11.9 Å². The molecule has 0 aliphatic carbocycles. The molecule has 4 N–H and O–H groups in total. The summed E-state index contributed by atoms with van der Waals surface area (Å²) in [5.74, 6) is 0.550. The summed E-state index contributed by atoms with van der Waals surface area (Å²) in [6.45, 7) is 0.372. The summed E-state index contributed by atoms with van der Waals surface area (Å²) in [5, 5.41) is 4.15. The third kappa shape index (κ3) is 4.52. The summed E-state index contributed by atoms with van der Waals surface area (Å²) in [5.41, 5.74) is 13.8. The van der Waals surface area contributed by atoms with Crippen molar-refractivity contribution in [2.75, 3.05) is 11.9 Å². The topological polar surface area (TPSA) is 98.0 Å². The van der Waals surface area contributed by atoms with E-state index >= 15 is 0 Å². The Labute approximate surface area is 214 Å². The van der Waals surface area contributed by atoms with Crippen LogP contribution in [0.5, 0.6) is 5.75 Å². The van der Waals surface area contributed by atoms with Gasteiger partial charge in [-0.3, -0.25) is 9.78 Å². The van der Waals surface area contributed by atoms with Crippen molar-refractivity contribution in [3.8, 4) is 16.9 Å². The third-order valence-corrected chi connectivity index (χ3v) is 6.75. The number of nitrogens with one attached hydrogen (secondary N) is 2. The van der Waals surface area contributed by atoms with E-state index in [1.54, 1.807) is 12.4 Å². The Kier molecular flexibility index (Phi) is 5.82. The van der Waals surface area contributed by atoms with Crippen molar-refractivity contribution in [3.05, 3.63) is 102 Å². The van der Waals surface area contributed by atoms with Crippen LogP contribution in [0.4, 0.5) is 5.69 Å². The van der Waals surface area contributed by atoms with Crippen molar-refractivity contribution in [1.29, 1.82) is 0 Å². The minimum Gasteiger partial charge on any atom is -0.490 e. The zero-order valence-electron chi connectivity index (χ0n) is 20.4. The van der Waals surface area contributed by atoms with Crippen LogP contribution in [-0.2, 0) is 18.3 Å². The van der Waals surface area contributed by atoms with Crippen LogP contribution in [-0.4, -0.2) is 33.1 Å². The minimum absolute atomic E-state index is 0.104. The number of hydrogen-bond acceptors (Lipinski definition) is 4. The normalized spacial score (nSPS) is 14.6. The van der Waals surface area contributed by atoms with E-state index in [4.69, 9.17) is 10.5 Å². The number of nitrogens with two attached hydrogens (primary N) is 1. The molecule has 0 bridgehead atoms. The van der Waals surface area contributed by atoms with Gasteiger partial charge in [-0.05, 0) is 60.0 Å². The molecule has 1 atom stereocenters. The number of benzene rings is 2. The van der Waals surface area contributed by atoms with E-state index in [0.29, 0.717) is 24.4 Å². The molecule has 0 saturated carbocycles. The summed E-state index contributed by atoms with van der Waals surface area (Å²) in [6, 6.07) is 19.9. The minimum atomic E-state index is -0.162. The second kappa shape index (κ2) is 9.44. The summed E-state index contributed by atoms with van der Waals surface area (Å²) >= 11 is 0. The number of aromatic nitrogens is 3. The van der Waals surface area contributed by atoms with Crippen molar-refractivity contribution < 1.29 is 9.53 Å². The maximum atomic E-state index is 12.7. The quantitative estimate of drug-likeness (QED) is 0.280. The zero-order valence-corrected chi connectivity index (χ0v) is 20.4. The van der Waals surface area contributed by atoms with Crippen LogP contribution in [0, 0.1) is 0 Å². The standard InChI is InChI=1S/C30H27N5O2/c1-35-10-4-5-23(35)14-27-26-13-19(8-9-29(26)34-30(27)36)20-12-24(17-32-15-20)37-18-22(31)11-21-16-33-28-7-3-2-6-25(21)28/h2-10,12-17,22,33H,11,18,31H2,1H3,(H,34,36)/t22-/m0/s1. The van der Waals surface area contributed by atoms with E-state index in [2.05, 4.69) is 27.4 Å². The van der Waals surface area contributed by atoms with Gasteiger partial charge in [0.15, 0.2) is 0 Å². The van der Waals surface area contributed by atoms with Gasteiger partial charge in [-0.2, -0.15) is 0 Å². The van der Waals surface area contributed by atoms with E-state index in [9.17, 15) is 4.79 Å². The number of ether oxygens (including phenoxy) is 1. The fourth-order valence-corrected chi connectivity index (χ4v) is 4.78. The molecule has 1 amide bonds. The van der Waals surface area contributed by atoms with Gasteiger partial charge >= 0.3 is 0 Å². The lowest BCUT2D eigenvalue weighted by Gasteiger charge is -2.13. The van der Waals surface area contributed by atoms with E-state index in [0.717, 1.165) is 33.6 Å². The van der Waals surface area contributed by atoms with Crippen LogP contribution in [0.2, 0.25) is 0 Å². The average molecular weight is 490 g/mol. The number of H-pyrrole nitrogens is 1. The predicted octanol–water partition coefficient (Wildman–Crippen LogP) is 5.01. The molecule has 37 heavy (non-hydrogen) atoms. The Hall–Kier alpha value is -4.62. The van der Waals surface area contributed by atoms with Gasteiger partial charge in [0.2, 0.25) is 0 Å². The highest BCUT2D eigenvalue weighted by atomic mass is 16.5. The van der Waals surface area contributed by atoms with Gasteiger partial charge in [-0.25, -0.2) is 0 Å². The first-order valence-corrected chi connectivity index (χ1v) is 12.2. The van der Waals surface area contributed by atoms with E-state index in [1.807, 2.05) is 78.6 Å². The van der Waals surface area contributed by atoms with Crippen molar-refractivity contribution >= 4 is 34.1 Å². The van der Waals surface area contributed by atoms with Crippen LogP contribution in [0.1, 0.15) is 16.8 Å². The van der Waals surface area contributed by atoms with Crippen molar-refractivity contribution in [3.63, 3.8) is 0 Å². The van der Waals surface area contributed by atoms with Gasteiger partial charge in [0.05, 0.1) is 11.8 Å². The van der Waals surface area contributed by atoms with Crippen molar-refractivity contribution in [2.24, 2.45) is 12.8 Å². The number of pyridine rings is 1. The lowest BCUT2D eigenvalue weighted by atomic mass is 9.99. The fraction of sp³-hybridized carbons (Fsp3) is 0.133. The maximum absolute atomic E-state index is 12.7. The molecule has 0 saturated heterocycles. The van der Waals surface area contributed by atoms with Gasteiger partial charge < -0.3 is 25.3 Å². The lowest BCUT2D eigenvalue weighted by molar-refractivity contribution is -0.110. The number of carbonyl (C=O) groups excluding carboxylic acids is 1. The molecule has 3 aromatic heterocycles. The molecule has 184 valence electrons. The zero-order chi connectivity index (χ0) is 25.4. The number of amides is 1. The van der Waals surface area contributed by atoms with E-state index in [1.165, 1.54) is 10.9 Å². The van der Waals surface area contributed by atoms with Crippen LogP contribution in [0.25, 0.3) is 33.7 Å². The molecular weight excluding hydrogens is 462 g/mol. The summed E-state index contributed by atoms with van der Waals surface area (Å²) < 4.78 is 8.01. The average Bonchev–Trinajstić information content (AvgIpc) is 3.60. The Balaban J connectivity index is 1.19. The molecule has 0 spiro atoms. The SMILES string of the molecule is Cn1cccc1C=C1C(=O)Nc2ccc(-c3cncc(OC[C@@H](N)Cc4c[nH]c5ccccc45)c3)cc21. The first-order valence-electron chi connectivity index (χ1n) is 12.2. The van der Waals surface area contributed by atoms with Crippen LogP contribution in [0.3, 0.4) is 0 Å². The van der Waals surface area contributed by atoms with Gasteiger partial charge in [-0.15, -0.1) is 0 Å². The van der Waals surface area contributed by atoms with Gasteiger partial charge in [0.25, 0.3) is 5.91 Å². The fourth-order valence-electron chi connectivity index (χ4n) is 4.78. The highest BCUT2D eigenvalue weighted by Gasteiger charge is 2.25. The Bertz CT molecular complexity index is 1640. The molecular formula is C30H27N5O2. The Morgan fingerprint density at radius 1 is 1.08 bits per heavy atom. The smallest absolute Gasteiger partial charge is 0.256 e. The first kappa shape index (κ1) is 22.8. The molecule has 0 fully saturated rings. The van der Waals surface area contributed by atoms with Gasteiger partial charge in [0, 0.05) is 65.1 Å². The number of aryl methyl sites for hydroxylation is 1. The molecule has 7 heteroatoms.